The van der Waals surface area contributed by atoms with Crippen molar-refractivity contribution < 1.29 is 0 Å². The third-order valence-corrected chi connectivity index (χ3v) is 4.71. The molecule has 2 aliphatic rings. The minimum Gasteiger partial charge on any atom is -0.310 e. The predicted molar refractivity (Wildman–Crippen MR) is 69.0 cm³/mol. The second-order valence-corrected chi connectivity index (χ2v) is 6.41. The zero-order valence-corrected chi connectivity index (χ0v) is 10.9. The molecule has 0 saturated heterocycles. The van der Waals surface area contributed by atoms with E-state index in [0.29, 0.717) is 17.5 Å². The summed E-state index contributed by atoms with van der Waals surface area (Å²) in [7, 11) is 0. The van der Waals surface area contributed by atoms with E-state index in [1.54, 1.807) is 0 Å². The summed E-state index contributed by atoms with van der Waals surface area (Å²) in [6, 6.07) is 1.36. The maximum atomic E-state index is 4.15. The first-order valence-corrected chi connectivity index (χ1v) is 6.92. The zero-order valence-electron chi connectivity index (χ0n) is 10.9. The van der Waals surface area contributed by atoms with Crippen LogP contribution in [0.3, 0.4) is 0 Å². The molecule has 1 aromatic heterocycles. The van der Waals surface area contributed by atoms with Crippen LogP contribution in [-0.2, 0) is 12.8 Å². The van der Waals surface area contributed by atoms with Crippen LogP contribution >= 0.6 is 0 Å². The van der Waals surface area contributed by atoms with Gasteiger partial charge in [0.15, 0.2) is 0 Å². The van der Waals surface area contributed by atoms with Gasteiger partial charge in [-0.2, -0.15) is 5.10 Å². The quantitative estimate of drug-likeness (QED) is 0.823. The Morgan fingerprint density at radius 3 is 3.06 bits per heavy atom. The number of hydrogen-bond acceptors (Lipinski definition) is 2. The average molecular weight is 233 g/mol. The van der Waals surface area contributed by atoms with Gasteiger partial charge in [0, 0.05) is 17.8 Å². The summed E-state index contributed by atoms with van der Waals surface area (Å²) in [4.78, 5) is 0. The largest absolute Gasteiger partial charge is 0.310 e. The van der Waals surface area contributed by atoms with E-state index in [0.717, 1.165) is 12.8 Å². The van der Waals surface area contributed by atoms with Crippen LogP contribution in [0, 0.1) is 5.41 Å². The smallest absolute Gasteiger partial charge is 0.0522 e. The Morgan fingerprint density at radius 1 is 1.41 bits per heavy atom. The van der Waals surface area contributed by atoms with Crippen LogP contribution < -0.4 is 5.32 Å². The molecule has 3 nitrogen and oxygen atoms in total. The Kier molecular flexibility index (Phi) is 2.74. The van der Waals surface area contributed by atoms with Gasteiger partial charge in [-0.3, -0.25) is 5.10 Å². The summed E-state index contributed by atoms with van der Waals surface area (Å²) in [6.45, 7) is 4.81. The highest BCUT2D eigenvalue weighted by Gasteiger charge is 2.36. The molecule has 3 heteroatoms. The van der Waals surface area contributed by atoms with Crippen LogP contribution in [0.25, 0.3) is 0 Å². The first kappa shape index (κ1) is 11.3. The van der Waals surface area contributed by atoms with Crippen molar-refractivity contribution in [3.63, 3.8) is 0 Å². The molecule has 0 radical (unpaired) electrons. The molecule has 17 heavy (non-hydrogen) atoms. The minimum atomic E-state index is 0.483. The minimum absolute atomic E-state index is 0.483. The first-order valence-electron chi connectivity index (χ1n) is 6.92. The lowest BCUT2D eigenvalue weighted by Crippen LogP contribution is -2.46. The number of rotatable bonds is 2. The number of nitrogens with zero attached hydrogens (tertiary/aromatic N) is 1. The maximum absolute atomic E-state index is 4.15. The molecule has 0 amide bonds. The van der Waals surface area contributed by atoms with Crippen LogP contribution in [0.5, 0.6) is 0 Å². The lowest BCUT2D eigenvalue weighted by molar-refractivity contribution is 0.252. The van der Waals surface area contributed by atoms with Crippen molar-refractivity contribution in [2.75, 3.05) is 0 Å². The van der Waals surface area contributed by atoms with Gasteiger partial charge in [-0.15, -0.1) is 0 Å². The summed E-state index contributed by atoms with van der Waals surface area (Å²) >= 11 is 0. The maximum Gasteiger partial charge on any atom is 0.0522 e. The average Bonchev–Trinajstić information content (AvgIpc) is 2.85. The Morgan fingerprint density at radius 2 is 2.29 bits per heavy atom. The fourth-order valence-electron chi connectivity index (χ4n) is 3.48. The van der Waals surface area contributed by atoms with Gasteiger partial charge in [-0.05, 0) is 43.1 Å². The van der Waals surface area contributed by atoms with E-state index in [1.165, 1.54) is 36.9 Å². The summed E-state index contributed by atoms with van der Waals surface area (Å²) in [5, 5.41) is 11.2. The van der Waals surface area contributed by atoms with E-state index in [4.69, 9.17) is 0 Å². The van der Waals surface area contributed by atoms with Crippen molar-refractivity contribution in [3.05, 3.63) is 17.5 Å². The van der Waals surface area contributed by atoms with Gasteiger partial charge in [-0.25, -0.2) is 0 Å². The molecule has 0 unspecified atom stereocenters. The number of aromatic nitrogens is 2. The van der Waals surface area contributed by atoms with E-state index in [9.17, 15) is 0 Å². The molecule has 2 aliphatic carbocycles. The standard InChI is InChI=1S/C14H23N3/c1-14(2)7-3-4-13(14)16-11-5-6-12-10(8-11)9-15-17-12/h9,11,13,16H,3-8H2,1-2H3,(H,15,17)/t11-,13-/m0/s1. The third kappa shape index (κ3) is 2.13. The van der Waals surface area contributed by atoms with Gasteiger partial charge in [0.1, 0.15) is 0 Å². The molecule has 1 fully saturated rings. The highest BCUT2D eigenvalue weighted by molar-refractivity contribution is 5.21. The molecule has 2 N–H and O–H groups in total. The van der Waals surface area contributed by atoms with Crippen LogP contribution in [0.4, 0.5) is 0 Å². The molecule has 3 rings (SSSR count). The van der Waals surface area contributed by atoms with E-state index < -0.39 is 0 Å². The van der Waals surface area contributed by atoms with E-state index in [-0.39, 0.29) is 0 Å². The molecular weight excluding hydrogens is 210 g/mol. The van der Waals surface area contributed by atoms with Crippen LogP contribution in [0.15, 0.2) is 6.20 Å². The topological polar surface area (TPSA) is 40.7 Å². The molecule has 1 saturated carbocycles. The Balaban J connectivity index is 1.64. The van der Waals surface area contributed by atoms with Gasteiger partial charge < -0.3 is 5.32 Å². The van der Waals surface area contributed by atoms with Crippen LogP contribution in [0.1, 0.15) is 50.8 Å². The molecule has 1 heterocycles. The van der Waals surface area contributed by atoms with E-state index in [1.807, 2.05) is 6.20 Å². The highest BCUT2D eigenvalue weighted by atomic mass is 15.1. The summed E-state index contributed by atoms with van der Waals surface area (Å²) in [5.74, 6) is 0. The summed E-state index contributed by atoms with van der Waals surface area (Å²) in [6.07, 6.45) is 9.66. The molecule has 0 aliphatic heterocycles. The molecule has 94 valence electrons. The normalized spacial score (nSPS) is 31.4. The van der Waals surface area contributed by atoms with Gasteiger partial charge in [0.05, 0.1) is 6.20 Å². The van der Waals surface area contributed by atoms with Crippen molar-refractivity contribution in [2.24, 2.45) is 5.41 Å². The van der Waals surface area contributed by atoms with E-state index >= 15 is 0 Å². The lowest BCUT2D eigenvalue weighted by Gasteiger charge is -2.33. The van der Waals surface area contributed by atoms with Crippen molar-refractivity contribution in [3.8, 4) is 0 Å². The number of fused-ring (bicyclic) bond motifs is 1. The number of nitrogens with one attached hydrogen (secondary N) is 2. The molecule has 2 atom stereocenters. The fraction of sp³-hybridized carbons (Fsp3) is 0.786. The molecular formula is C14H23N3. The second kappa shape index (κ2) is 4.13. The van der Waals surface area contributed by atoms with Crippen LogP contribution in [0.2, 0.25) is 0 Å². The summed E-state index contributed by atoms with van der Waals surface area (Å²) in [5.41, 5.74) is 3.26. The summed E-state index contributed by atoms with van der Waals surface area (Å²) < 4.78 is 0. The molecule has 0 bridgehead atoms. The van der Waals surface area contributed by atoms with Gasteiger partial charge in [-0.1, -0.05) is 20.3 Å². The van der Waals surface area contributed by atoms with Gasteiger partial charge in [0.2, 0.25) is 0 Å². The molecule has 0 spiro atoms. The van der Waals surface area contributed by atoms with Gasteiger partial charge in [0.25, 0.3) is 0 Å². The number of aromatic amines is 1. The Hall–Kier alpha value is -0.830. The highest BCUT2D eigenvalue weighted by Crippen LogP contribution is 2.38. The Labute approximate surface area is 103 Å². The fourth-order valence-corrected chi connectivity index (χ4v) is 3.48. The number of aryl methyl sites for hydroxylation is 1. The second-order valence-electron chi connectivity index (χ2n) is 6.41. The van der Waals surface area contributed by atoms with Crippen molar-refractivity contribution >= 4 is 0 Å². The zero-order chi connectivity index (χ0) is 11.9. The predicted octanol–water partition coefficient (Wildman–Crippen LogP) is 2.44. The lowest BCUT2D eigenvalue weighted by atomic mass is 9.85. The SMILES string of the molecule is CC1(C)CCC[C@@H]1N[C@H]1CCc2[nH]ncc2C1. The van der Waals surface area contributed by atoms with Crippen LogP contribution in [-0.4, -0.2) is 22.3 Å². The van der Waals surface area contributed by atoms with Gasteiger partial charge >= 0.3 is 0 Å². The van der Waals surface area contributed by atoms with E-state index in [2.05, 4.69) is 29.4 Å². The van der Waals surface area contributed by atoms with Crippen molar-refractivity contribution in [2.45, 2.75) is 64.5 Å². The molecule has 0 aromatic carbocycles. The number of H-pyrrole nitrogens is 1. The van der Waals surface area contributed by atoms with Crippen molar-refractivity contribution in [1.29, 1.82) is 0 Å². The monoisotopic (exact) mass is 233 g/mol. The third-order valence-electron chi connectivity index (χ3n) is 4.71. The first-order chi connectivity index (χ1) is 8.15. The number of hydrogen-bond donors (Lipinski definition) is 2. The van der Waals surface area contributed by atoms with Crippen molar-refractivity contribution in [1.82, 2.24) is 15.5 Å². The molecule has 1 aromatic rings. The Bertz CT molecular complexity index is 394.